The Kier molecular flexibility index (Phi) is 4.82. The summed E-state index contributed by atoms with van der Waals surface area (Å²) in [4.78, 5) is -0.00463. The molecule has 0 radical (unpaired) electrons. The molecule has 0 aromatic heterocycles. The van der Waals surface area contributed by atoms with Crippen molar-refractivity contribution in [3.8, 4) is 0 Å². The molecular weight excluding hydrogens is 382 g/mol. The quantitative estimate of drug-likeness (QED) is 0.569. The molecule has 0 aliphatic carbocycles. The van der Waals surface area contributed by atoms with Crippen molar-refractivity contribution in [3.05, 3.63) is 68.9 Å². The van der Waals surface area contributed by atoms with E-state index < -0.39 is 0 Å². The summed E-state index contributed by atoms with van der Waals surface area (Å²) in [6, 6.07) is 12.9. The predicted molar refractivity (Wildman–Crippen MR) is 80.9 cm³/mol. The first kappa shape index (κ1) is 14.0. The molecular formula is C14H10Br2ClF. The molecule has 0 nitrogen and oxygen atoms in total. The van der Waals surface area contributed by atoms with Crippen molar-refractivity contribution in [2.75, 3.05) is 0 Å². The lowest BCUT2D eigenvalue weighted by Gasteiger charge is -2.12. The molecule has 0 heterocycles. The number of hydrogen-bond acceptors (Lipinski definition) is 0. The van der Waals surface area contributed by atoms with Crippen LogP contribution < -0.4 is 0 Å². The highest BCUT2D eigenvalue weighted by Gasteiger charge is 2.14. The highest BCUT2D eigenvalue weighted by molar-refractivity contribution is 9.10. The zero-order valence-corrected chi connectivity index (χ0v) is 13.3. The molecule has 0 N–H and O–H groups in total. The molecule has 4 heteroatoms. The molecule has 0 aliphatic heterocycles. The monoisotopic (exact) mass is 390 g/mol. The molecule has 1 unspecified atom stereocenters. The summed E-state index contributed by atoms with van der Waals surface area (Å²) < 4.78 is 14.4. The van der Waals surface area contributed by atoms with Gasteiger partial charge in [0.1, 0.15) is 5.82 Å². The molecule has 0 saturated carbocycles. The van der Waals surface area contributed by atoms with Crippen molar-refractivity contribution in [2.24, 2.45) is 0 Å². The highest BCUT2D eigenvalue weighted by atomic mass is 79.9. The van der Waals surface area contributed by atoms with Gasteiger partial charge >= 0.3 is 0 Å². The summed E-state index contributed by atoms with van der Waals surface area (Å²) in [5.74, 6) is -0.382. The van der Waals surface area contributed by atoms with Gasteiger partial charge in [-0.25, -0.2) is 4.39 Å². The summed E-state index contributed by atoms with van der Waals surface area (Å²) in [7, 11) is 0. The Hall–Kier alpha value is -0.380. The molecule has 0 spiro atoms. The van der Waals surface area contributed by atoms with Crippen LogP contribution in [0.5, 0.6) is 0 Å². The van der Waals surface area contributed by atoms with Gasteiger partial charge in [0, 0.05) is 9.30 Å². The molecule has 0 saturated heterocycles. The van der Waals surface area contributed by atoms with E-state index in [1.54, 1.807) is 6.07 Å². The van der Waals surface area contributed by atoms with Crippen LogP contribution in [-0.4, -0.2) is 0 Å². The molecule has 1 atom stereocenters. The van der Waals surface area contributed by atoms with Crippen LogP contribution in [-0.2, 0) is 6.42 Å². The maximum Gasteiger partial charge on any atom is 0.142 e. The second kappa shape index (κ2) is 6.18. The van der Waals surface area contributed by atoms with Crippen LogP contribution in [0.2, 0.25) is 5.02 Å². The number of halogens is 4. The lowest BCUT2D eigenvalue weighted by Crippen LogP contribution is -1.97. The highest BCUT2D eigenvalue weighted by Crippen LogP contribution is 2.33. The van der Waals surface area contributed by atoms with Crippen molar-refractivity contribution in [3.63, 3.8) is 0 Å². The first-order valence-electron chi connectivity index (χ1n) is 5.40. The first-order valence-corrected chi connectivity index (χ1v) is 7.49. The predicted octanol–water partition coefficient (Wildman–Crippen LogP) is 5.92. The van der Waals surface area contributed by atoms with Gasteiger partial charge in [-0.2, -0.15) is 0 Å². The number of rotatable bonds is 3. The van der Waals surface area contributed by atoms with Crippen LogP contribution in [0.25, 0.3) is 0 Å². The van der Waals surface area contributed by atoms with Crippen LogP contribution in [0.3, 0.4) is 0 Å². The molecule has 18 heavy (non-hydrogen) atoms. The van der Waals surface area contributed by atoms with Crippen molar-refractivity contribution in [1.82, 2.24) is 0 Å². The van der Waals surface area contributed by atoms with Crippen molar-refractivity contribution in [1.29, 1.82) is 0 Å². The number of hydrogen-bond donors (Lipinski definition) is 0. The van der Waals surface area contributed by atoms with Gasteiger partial charge in [0.2, 0.25) is 0 Å². The maximum absolute atomic E-state index is 13.4. The average molecular weight is 392 g/mol. The second-order valence-electron chi connectivity index (χ2n) is 3.94. The average Bonchev–Trinajstić information content (AvgIpc) is 2.32. The van der Waals surface area contributed by atoms with E-state index in [2.05, 4.69) is 31.9 Å². The fourth-order valence-corrected chi connectivity index (χ4v) is 3.33. The second-order valence-corrected chi connectivity index (χ2v) is 6.34. The third-order valence-electron chi connectivity index (χ3n) is 2.62. The van der Waals surface area contributed by atoms with Gasteiger partial charge in [-0.1, -0.05) is 67.7 Å². The third-order valence-corrected chi connectivity index (χ3v) is 4.33. The number of benzene rings is 2. The van der Waals surface area contributed by atoms with Crippen LogP contribution >= 0.6 is 43.5 Å². The molecule has 2 rings (SSSR count). The van der Waals surface area contributed by atoms with E-state index in [1.165, 1.54) is 6.07 Å². The largest absolute Gasteiger partial charge is 0.205 e. The van der Waals surface area contributed by atoms with Gasteiger partial charge in [0.25, 0.3) is 0 Å². The van der Waals surface area contributed by atoms with Gasteiger partial charge in [-0.05, 0) is 35.7 Å². The van der Waals surface area contributed by atoms with Gasteiger partial charge < -0.3 is 0 Å². The Bertz CT molecular complexity index is 557. The molecule has 2 aromatic carbocycles. The lowest BCUT2D eigenvalue weighted by molar-refractivity contribution is 0.625. The molecule has 2 aromatic rings. The van der Waals surface area contributed by atoms with Gasteiger partial charge in [0.05, 0.1) is 5.02 Å². The maximum atomic E-state index is 13.4. The minimum absolute atomic E-state index is 0.00463. The Morgan fingerprint density at radius 1 is 1.17 bits per heavy atom. The Morgan fingerprint density at radius 2 is 1.89 bits per heavy atom. The molecule has 0 fully saturated rings. The van der Waals surface area contributed by atoms with Crippen LogP contribution in [0.1, 0.15) is 16.0 Å². The Balaban J connectivity index is 2.22. The topological polar surface area (TPSA) is 0 Å². The Labute approximate surface area is 127 Å². The minimum atomic E-state index is -0.382. The molecule has 0 amide bonds. The lowest BCUT2D eigenvalue weighted by atomic mass is 10.0. The van der Waals surface area contributed by atoms with Crippen molar-refractivity contribution in [2.45, 2.75) is 11.2 Å². The zero-order valence-electron chi connectivity index (χ0n) is 9.34. The van der Waals surface area contributed by atoms with Crippen LogP contribution in [0.4, 0.5) is 4.39 Å². The van der Waals surface area contributed by atoms with Crippen LogP contribution in [0.15, 0.2) is 46.9 Å². The summed E-state index contributed by atoms with van der Waals surface area (Å²) >= 11 is 13.0. The summed E-state index contributed by atoms with van der Waals surface area (Å²) in [6.07, 6.45) is 0.753. The van der Waals surface area contributed by atoms with E-state index in [0.717, 1.165) is 22.0 Å². The van der Waals surface area contributed by atoms with E-state index in [0.29, 0.717) is 0 Å². The summed E-state index contributed by atoms with van der Waals surface area (Å²) in [5, 5.41) is 0.189. The minimum Gasteiger partial charge on any atom is -0.205 e. The van der Waals surface area contributed by atoms with Crippen molar-refractivity contribution >= 4 is 43.5 Å². The van der Waals surface area contributed by atoms with Crippen LogP contribution in [0, 0.1) is 5.82 Å². The van der Waals surface area contributed by atoms with E-state index >= 15 is 0 Å². The number of alkyl halides is 1. The van der Waals surface area contributed by atoms with E-state index in [9.17, 15) is 4.39 Å². The standard InChI is InChI=1S/C14H10Br2ClF/c15-10-4-1-3-9(7-10)8-12(16)11-5-2-6-13(18)14(11)17/h1-7,12H,8H2. The third kappa shape index (κ3) is 3.34. The molecule has 0 bridgehead atoms. The SMILES string of the molecule is Fc1cccc(C(Br)Cc2cccc(Br)c2)c1Cl. The molecule has 94 valence electrons. The van der Waals surface area contributed by atoms with E-state index in [1.807, 2.05) is 30.3 Å². The van der Waals surface area contributed by atoms with Gasteiger partial charge in [0.15, 0.2) is 0 Å². The molecule has 0 aliphatic rings. The Morgan fingerprint density at radius 3 is 2.61 bits per heavy atom. The van der Waals surface area contributed by atoms with Gasteiger partial charge in [-0.15, -0.1) is 0 Å². The summed E-state index contributed by atoms with van der Waals surface area (Å²) in [6.45, 7) is 0. The normalized spacial score (nSPS) is 12.4. The summed E-state index contributed by atoms with van der Waals surface area (Å²) in [5.41, 5.74) is 1.93. The fraction of sp³-hybridized carbons (Fsp3) is 0.143. The smallest absolute Gasteiger partial charge is 0.142 e. The fourth-order valence-electron chi connectivity index (χ4n) is 1.74. The zero-order chi connectivity index (χ0) is 13.1. The van der Waals surface area contributed by atoms with Crippen molar-refractivity contribution < 1.29 is 4.39 Å². The first-order chi connectivity index (χ1) is 8.58. The van der Waals surface area contributed by atoms with Gasteiger partial charge in [-0.3, -0.25) is 0 Å². The van der Waals surface area contributed by atoms with E-state index in [-0.39, 0.29) is 15.7 Å². The van der Waals surface area contributed by atoms with E-state index in [4.69, 9.17) is 11.6 Å².